The van der Waals surface area contributed by atoms with Gasteiger partial charge in [0.05, 0.1) is 0 Å². The molecule has 17 heavy (non-hydrogen) atoms. The van der Waals surface area contributed by atoms with E-state index in [1.807, 2.05) is 0 Å². The van der Waals surface area contributed by atoms with Gasteiger partial charge >= 0.3 is 0 Å². The van der Waals surface area contributed by atoms with Gasteiger partial charge in [-0.3, -0.25) is 0 Å². The molecule has 0 aliphatic carbocycles. The summed E-state index contributed by atoms with van der Waals surface area (Å²) in [4.78, 5) is 0. The Bertz CT molecular complexity index is 314. The van der Waals surface area contributed by atoms with Crippen molar-refractivity contribution in [2.75, 3.05) is 0 Å². The molecule has 1 aromatic carbocycles. The third kappa shape index (κ3) is 4.91. The first-order valence-corrected chi connectivity index (χ1v) is 6.80. The largest absolute Gasteiger partial charge is 0.308 e. The van der Waals surface area contributed by atoms with Crippen molar-refractivity contribution in [3.8, 4) is 0 Å². The van der Waals surface area contributed by atoms with Crippen LogP contribution in [0.1, 0.15) is 64.5 Å². The number of nitrogens with one attached hydrogen (secondary N) is 1. The Kier molecular flexibility index (Phi) is 5.20. The fourth-order valence-corrected chi connectivity index (χ4v) is 2.03. The first-order valence-electron chi connectivity index (χ1n) is 6.80. The maximum Gasteiger partial charge on any atom is 0.0210 e. The summed E-state index contributed by atoms with van der Waals surface area (Å²) in [6.45, 7) is 12.1. The predicted octanol–water partition coefficient (Wildman–Crippen LogP) is 4.48. The molecule has 1 nitrogen and oxygen atoms in total. The number of benzene rings is 1. The number of rotatable bonds is 5. The summed E-state index contributed by atoms with van der Waals surface area (Å²) < 4.78 is 0. The second kappa shape index (κ2) is 6.20. The van der Waals surface area contributed by atoms with Crippen LogP contribution in [-0.2, 0) is 6.54 Å². The SMILES string of the molecule is CCC(CC)c1ccc(CNC(C)(C)C)cc1. The normalized spacial score (nSPS) is 12.1. The molecule has 0 unspecified atom stereocenters. The van der Waals surface area contributed by atoms with Gasteiger partial charge in [-0.25, -0.2) is 0 Å². The van der Waals surface area contributed by atoms with Gasteiger partial charge in [0, 0.05) is 12.1 Å². The minimum Gasteiger partial charge on any atom is -0.308 e. The summed E-state index contributed by atoms with van der Waals surface area (Å²) in [5.41, 5.74) is 3.04. The van der Waals surface area contributed by atoms with Crippen LogP contribution in [0.15, 0.2) is 24.3 Å². The number of hydrogen-bond acceptors (Lipinski definition) is 1. The van der Waals surface area contributed by atoms with Crippen molar-refractivity contribution in [2.45, 2.75) is 65.5 Å². The highest BCUT2D eigenvalue weighted by Gasteiger charge is 2.09. The van der Waals surface area contributed by atoms with Crippen molar-refractivity contribution < 1.29 is 0 Å². The smallest absolute Gasteiger partial charge is 0.0210 e. The number of hydrogen-bond donors (Lipinski definition) is 1. The minimum absolute atomic E-state index is 0.189. The van der Waals surface area contributed by atoms with E-state index in [0.717, 1.165) is 12.5 Å². The van der Waals surface area contributed by atoms with Gasteiger partial charge in [-0.2, -0.15) is 0 Å². The van der Waals surface area contributed by atoms with Gasteiger partial charge in [0.1, 0.15) is 0 Å². The molecule has 0 saturated heterocycles. The lowest BCUT2D eigenvalue weighted by atomic mass is 9.93. The summed E-state index contributed by atoms with van der Waals surface area (Å²) in [6.07, 6.45) is 2.46. The highest BCUT2D eigenvalue weighted by molar-refractivity contribution is 5.25. The van der Waals surface area contributed by atoms with Crippen LogP contribution in [0.5, 0.6) is 0 Å². The van der Waals surface area contributed by atoms with Crippen LogP contribution in [-0.4, -0.2) is 5.54 Å². The van der Waals surface area contributed by atoms with E-state index in [0.29, 0.717) is 0 Å². The van der Waals surface area contributed by atoms with Gasteiger partial charge < -0.3 is 5.32 Å². The van der Waals surface area contributed by atoms with Crippen molar-refractivity contribution in [3.05, 3.63) is 35.4 Å². The molecule has 0 aromatic heterocycles. The third-order valence-electron chi connectivity index (χ3n) is 3.26. The molecular weight excluding hydrogens is 206 g/mol. The van der Waals surface area contributed by atoms with E-state index < -0.39 is 0 Å². The molecule has 0 aliphatic rings. The van der Waals surface area contributed by atoms with Crippen molar-refractivity contribution in [1.82, 2.24) is 5.32 Å². The van der Waals surface area contributed by atoms with Gasteiger partial charge in [-0.15, -0.1) is 0 Å². The van der Waals surface area contributed by atoms with Crippen LogP contribution in [0, 0.1) is 0 Å². The third-order valence-corrected chi connectivity index (χ3v) is 3.26. The van der Waals surface area contributed by atoms with Crippen molar-refractivity contribution in [2.24, 2.45) is 0 Å². The Morgan fingerprint density at radius 3 is 1.94 bits per heavy atom. The molecule has 0 amide bonds. The monoisotopic (exact) mass is 233 g/mol. The van der Waals surface area contributed by atoms with Crippen LogP contribution >= 0.6 is 0 Å². The maximum absolute atomic E-state index is 3.51. The average molecular weight is 233 g/mol. The zero-order valence-corrected chi connectivity index (χ0v) is 12.0. The highest BCUT2D eigenvalue weighted by atomic mass is 14.9. The summed E-state index contributed by atoms with van der Waals surface area (Å²) in [7, 11) is 0. The van der Waals surface area contributed by atoms with Gasteiger partial charge in [0.2, 0.25) is 0 Å². The lowest BCUT2D eigenvalue weighted by Gasteiger charge is -2.21. The molecule has 0 heterocycles. The molecule has 0 atom stereocenters. The molecule has 0 fully saturated rings. The second-order valence-electron chi connectivity index (χ2n) is 5.86. The van der Waals surface area contributed by atoms with Crippen LogP contribution in [0.2, 0.25) is 0 Å². The molecule has 0 spiro atoms. The molecule has 0 aliphatic heterocycles. The first kappa shape index (κ1) is 14.2. The predicted molar refractivity (Wildman–Crippen MR) is 76.4 cm³/mol. The molecule has 96 valence electrons. The average Bonchev–Trinajstić information content (AvgIpc) is 2.29. The first-order chi connectivity index (χ1) is 7.96. The minimum atomic E-state index is 0.189. The summed E-state index contributed by atoms with van der Waals surface area (Å²) in [5, 5.41) is 3.51. The van der Waals surface area contributed by atoms with Gasteiger partial charge in [0.15, 0.2) is 0 Å². The Labute approximate surface area is 107 Å². The quantitative estimate of drug-likeness (QED) is 0.790. The standard InChI is InChI=1S/C16H27N/c1-6-14(7-2)15-10-8-13(9-11-15)12-17-16(3,4)5/h8-11,14,17H,6-7,12H2,1-5H3. The lowest BCUT2D eigenvalue weighted by molar-refractivity contribution is 0.424. The zero-order valence-electron chi connectivity index (χ0n) is 12.0. The van der Waals surface area contributed by atoms with Crippen LogP contribution < -0.4 is 5.32 Å². The van der Waals surface area contributed by atoms with Gasteiger partial charge in [-0.05, 0) is 50.7 Å². The summed E-state index contributed by atoms with van der Waals surface area (Å²) in [5.74, 6) is 0.722. The van der Waals surface area contributed by atoms with Crippen molar-refractivity contribution >= 4 is 0 Å². The Morgan fingerprint density at radius 2 is 1.53 bits per heavy atom. The fourth-order valence-electron chi connectivity index (χ4n) is 2.03. The molecule has 0 bridgehead atoms. The molecule has 1 heteroatoms. The second-order valence-corrected chi connectivity index (χ2v) is 5.86. The van der Waals surface area contributed by atoms with Gasteiger partial charge in [0.25, 0.3) is 0 Å². The summed E-state index contributed by atoms with van der Waals surface area (Å²) >= 11 is 0. The van der Waals surface area contributed by atoms with E-state index in [-0.39, 0.29) is 5.54 Å². The highest BCUT2D eigenvalue weighted by Crippen LogP contribution is 2.23. The van der Waals surface area contributed by atoms with Crippen molar-refractivity contribution in [1.29, 1.82) is 0 Å². The van der Waals surface area contributed by atoms with Crippen LogP contribution in [0.3, 0.4) is 0 Å². The molecule has 1 aromatic rings. The Hall–Kier alpha value is -0.820. The van der Waals surface area contributed by atoms with E-state index in [1.165, 1.54) is 24.0 Å². The van der Waals surface area contributed by atoms with E-state index in [9.17, 15) is 0 Å². The molecule has 1 N–H and O–H groups in total. The van der Waals surface area contributed by atoms with Crippen LogP contribution in [0.25, 0.3) is 0 Å². The zero-order chi connectivity index (χ0) is 12.9. The van der Waals surface area contributed by atoms with E-state index in [1.54, 1.807) is 0 Å². The summed E-state index contributed by atoms with van der Waals surface area (Å²) in [6, 6.07) is 9.09. The topological polar surface area (TPSA) is 12.0 Å². The maximum atomic E-state index is 3.51. The van der Waals surface area contributed by atoms with Gasteiger partial charge in [-0.1, -0.05) is 38.1 Å². The molecular formula is C16H27N. The Morgan fingerprint density at radius 1 is 1.00 bits per heavy atom. The lowest BCUT2D eigenvalue weighted by Crippen LogP contribution is -2.35. The van der Waals surface area contributed by atoms with Crippen LogP contribution in [0.4, 0.5) is 0 Å². The fraction of sp³-hybridized carbons (Fsp3) is 0.625. The molecule has 1 rings (SSSR count). The van der Waals surface area contributed by atoms with Crippen molar-refractivity contribution in [3.63, 3.8) is 0 Å². The molecule has 0 saturated carbocycles. The Balaban J connectivity index is 2.62. The van der Waals surface area contributed by atoms with E-state index in [2.05, 4.69) is 64.2 Å². The van der Waals surface area contributed by atoms with E-state index in [4.69, 9.17) is 0 Å². The molecule has 0 radical (unpaired) electrons. The van der Waals surface area contributed by atoms with E-state index >= 15 is 0 Å².